The molecular weight excluding hydrogens is 150 g/mol. The summed E-state index contributed by atoms with van der Waals surface area (Å²) in [7, 11) is 0. The van der Waals surface area contributed by atoms with Crippen LogP contribution in [-0.4, -0.2) is 11.1 Å². The number of nitrogens with zero attached hydrogens (tertiary/aromatic N) is 1. The molecule has 0 spiro atoms. The van der Waals surface area contributed by atoms with Crippen LogP contribution in [0, 0.1) is 0 Å². The Hall–Kier alpha value is -1.31. The molecule has 1 aromatic heterocycles. The highest BCUT2D eigenvalue weighted by Crippen LogP contribution is 2.11. The van der Waals surface area contributed by atoms with Crippen LogP contribution in [0.3, 0.4) is 0 Å². The Labute approximate surface area is 72.9 Å². The molecule has 0 amide bonds. The minimum absolute atomic E-state index is 0.164. The number of ether oxygens (including phenoxy) is 1. The first-order valence-corrected chi connectivity index (χ1v) is 3.97. The van der Waals surface area contributed by atoms with E-state index in [0.29, 0.717) is 5.88 Å². The highest BCUT2D eigenvalue weighted by molar-refractivity contribution is 5.47. The molecule has 64 valence electrons. The zero-order chi connectivity index (χ0) is 8.97. The second kappa shape index (κ2) is 3.90. The van der Waals surface area contributed by atoms with Gasteiger partial charge in [-0.2, -0.15) is 0 Å². The third-order valence-electron chi connectivity index (χ3n) is 1.35. The third-order valence-corrected chi connectivity index (χ3v) is 1.35. The van der Waals surface area contributed by atoms with Gasteiger partial charge in [-0.05, 0) is 25.5 Å². The maximum Gasteiger partial charge on any atom is 0.214 e. The van der Waals surface area contributed by atoms with E-state index in [4.69, 9.17) is 4.74 Å². The topological polar surface area (TPSA) is 22.1 Å². The normalized spacial score (nSPS) is 9.92. The third kappa shape index (κ3) is 2.38. The van der Waals surface area contributed by atoms with Gasteiger partial charge in [0.1, 0.15) is 0 Å². The van der Waals surface area contributed by atoms with Gasteiger partial charge in [-0.25, -0.2) is 4.98 Å². The first-order chi connectivity index (χ1) is 5.72. The number of hydrogen-bond donors (Lipinski definition) is 0. The van der Waals surface area contributed by atoms with E-state index in [2.05, 4.69) is 11.6 Å². The summed E-state index contributed by atoms with van der Waals surface area (Å²) in [6, 6.07) is 3.76. The summed E-state index contributed by atoms with van der Waals surface area (Å²) in [6.07, 6.45) is 3.65. The van der Waals surface area contributed by atoms with Crippen molar-refractivity contribution in [3.63, 3.8) is 0 Å². The lowest BCUT2D eigenvalue weighted by molar-refractivity contribution is 0.232. The average molecular weight is 163 g/mol. The van der Waals surface area contributed by atoms with Gasteiger partial charge in [0.15, 0.2) is 0 Å². The molecule has 0 aromatic carbocycles. The SMILES string of the molecule is C=Cc1ccnc(OC(C)C)c1. The maximum atomic E-state index is 5.40. The molecule has 1 rings (SSSR count). The monoisotopic (exact) mass is 163 g/mol. The number of hydrogen-bond acceptors (Lipinski definition) is 2. The predicted octanol–water partition coefficient (Wildman–Crippen LogP) is 2.51. The van der Waals surface area contributed by atoms with Crippen molar-refractivity contribution in [3.05, 3.63) is 30.5 Å². The molecule has 0 N–H and O–H groups in total. The fraction of sp³-hybridized carbons (Fsp3) is 0.300. The van der Waals surface area contributed by atoms with Crippen molar-refractivity contribution in [1.82, 2.24) is 4.98 Å². The fourth-order valence-corrected chi connectivity index (χ4v) is 0.858. The Morgan fingerprint density at radius 1 is 1.58 bits per heavy atom. The van der Waals surface area contributed by atoms with Crippen LogP contribution in [0.4, 0.5) is 0 Å². The second-order valence-electron chi connectivity index (χ2n) is 2.80. The van der Waals surface area contributed by atoms with Crippen molar-refractivity contribution < 1.29 is 4.74 Å². The van der Waals surface area contributed by atoms with Crippen LogP contribution in [-0.2, 0) is 0 Å². The molecule has 0 radical (unpaired) electrons. The van der Waals surface area contributed by atoms with Crippen molar-refractivity contribution in [2.45, 2.75) is 20.0 Å². The van der Waals surface area contributed by atoms with Crippen LogP contribution in [0.5, 0.6) is 5.88 Å². The van der Waals surface area contributed by atoms with E-state index in [1.54, 1.807) is 12.3 Å². The lowest BCUT2D eigenvalue weighted by Crippen LogP contribution is -2.06. The molecule has 0 bridgehead atoms. The molecule has 0 aliphatic heterocycles. The van der Waals surface area contributed by atoms with E-state index in [1.165, 1.54) is 0 Å². The lowest BCUT2D eigenvalue weighted by Gasteiger charge is -2.07. The largest absolute Gasteiger partial charge is 0.475 e. The molecule has 1 aromatic rings. The van der Waals surface area contributed by atoms with Gasteiger partial charge in [-0.15, -0.1) is 0 Å². The molecular formula is C10H13NO. The molecule has 1 heterocycles. The van der Waals surface area contributed by atoms with Crippen molar-refractivity contribution in [2.24, 2.45) is 0 Å². The van der Waals surface area contributed by atoms with Gasteiger partial charge in [0, 0.05) is 12.3 Å². The van der Waals surface area contributed by atoms with E-state index in [1.807, 2.05) is 26.0 Å². The minimum Gasteiger partial charge on any atom is -0.475 e. The van der Waals surface area contributed by atoms with Gasteiger partial charge in [-0.1, -0.05) is 12.7 Å². The molecule has 0 unspecified atom stereocenters. The number of pyridine rings is 1. The van der Waals surface area contributed by atoms with Crippen LogP contribution in [0.15, 0.2) is 24.9 Å². The maximum absolute atomic E-state index is 5.40. The second-order valence-corrected chi connectivity index (χ2v) is 2.80. The van der Waals surface area contributed by atoms with Crippen LogP contribution in [0.1, 0.15) is 19.4 Å². The zero-order valence-electron chi connectivity index (χ0n) is 7.45. The Kier molecular flexibility index (Phi) is 2.86. The first kappa shape index (κ1) is 8.78. The smallest absolute Gasteiger partial charge is 0.214 e. The molecule has 12 heavy (non-hydrogen) atoms. The van der Waals surface area contributed by atoms with Crippen molar-refractivity contribution in [3.8, 4) is 5.88 Å². The molecule has 0 saturated heterocycles. The summed E-state index contributed by atoms with van der Waals surface area (Å²) in [5, 5.41) is 0. The molecule has 0 aliphatic carbocycles. The summed E-state index contributed by atoms with van der Waals surface area (Å²) in [5.74, 6) is 0.655. The molecule has 0 aliphatic rings. The Morgan fingerprint density at radius 2 is 2.33 bits per heavy atom. The Bertz CT molecular complexity index is 268. The lowest BCUT2D eigenvalue weighted by atomic mass is 10.3. The van der Waals surface area contributed by atoms with Crippen molar-refractivity contribution in [1.29, 1.82) is 0 Å². The molecule has 0 saturated carbocycles. The van der Waals surface area contributed by atoms with Crippen LogP contribution in [0.2, 0.25) is 0 Å². The van der Waals surface area contributed by atoms with Crippen molar-refractivity contribution >= 4 is 6.08 Å². The molecule has 0 fully saturated rings. The number of aromatic nitrogens is 1. The fourth-order valence-electron chi connectivity index (χ4n) is 0.858. The van der Waals surface area contributed by atoms with Crippen molar-refractivity contribution in [2.75, 3.05) is 0 Å². The Balaban J connectivity index is 2.79. The predicted molar refractivity (Wildman–Crippen MR) is 50.1 cm³/mol. The summed E-state index contributed by atoms with van der Waals surface area (Å²) >= 11 is 0. The van der Waals surface area contributed by atoms with Crippen LogP contribution in [0.25, 0.3) is 6.08 Å². The van der Waals surface area contributed by atoms with Gasteiger partial charge in [0.05, 0.1) is 6.10 Å². The summed E-state index contributed by atoms with van der Waals surface area (Å²) < 4.78 is 5.40. The summed E-state index contributed by atoms with van der Waals surface area (Å²) in [6.45, 7) is 7.62. The van der Waals surface area contributed by atoms with Crippen LogP contribution < -0.4 is 4.74 Å². The summed E-state index contributed by atoms with van der Waals surface area (Å²) in [4.78, 5) is 4.06. The van der Waals surface area contributed by atoms with Gasteiger partial charge < -0.3 is 4.74 Å². The Morgan fingerprint density at radius 3 is 2.92 bits per heavy atom. The van der Waals surface area contributed by atoms with Gasteiger partial charge in [-0.3, -0.25) is 0 Å². The van der Waals surface area contributed by atoms with E-state index in [0.717, 1.165) is 5.56 Å². The van der Waals surface area contributed by atoms with Crippen LogP contribution >= 0.6 is 0 Å². The van der Waals surface area contributed by atoms with E-state index in [9.17, 15) is 0 Å². The minimum atomic E-state index is 0.164. The first-order valence-electron chi connectivity index (χ1n) is 3.97. The molecule has 2 heteroatoms. The highest BCUT2D eigenvalue weighted by Gasteiger charge is 1.97. The molecule has 0 atom stereocenters. The summed E-state index contributed by atoms with van der Waals surface area (Å²) in [5.41, 5.74) is 1.03. The van der Waals surface area contributed by atoms with E-state index < -0.39 is 0 Å². The quantitative estimate of drug-likeness (QED) is 0.683. The highest BCUT2D eigenvalue weighted by atomic mass is 16.5. The van der Waals surface area contributed by atoms with Gasteiger partial charge >= 0.3 is 0 Å². The standard InChI is InChI=1S/C10H13NO/c1-4-9-5-6-11-10(7-9)12-8(2)3/h4-8H,1H2,2-3H3. The van der Waals surface area contributed by atoms with E-state index in [-0.39, 0.29) is 6.10 Å². The van der Waals surface area contributed by atoms with Gasteiger partial charge in [0.25, 0.3) is 0 Å². The molecule has 2 nitrogen and oxygen atoms in total. The van der Waals surface area contributed by atoms with E-state index >= 15 is 0 Å². The zero-order valence-corrected chi connectivity index (χ0v) is 7.45. The average Bonchev–Trinajstić information content (AvgIpc) is 2.03. The van der Waals surface area contributed by atoms with Gasteiger partial charge in [0.2, 0.25) is 5.88 Å². The number of rotatable bonds is 3.